The third-order valence-corrected chi connectivity index (χ3v) is 5.33. The van der Waals surface area contributed by atoms with Crippen LogP contribution in [0.4, 0.5) is 5.69 Å². The molecule has 0 radical (unpaired) electrons. The number of benzene rings is 2. The van der Waals surface area contributed by atoms with Gasteiger partial charge in [-0.1, -0.05) is 46.3 Å². The SMILES string of the molecule is CS(=O)(=O)N(c1ccc(Br)cc1)[C@@H](CCO)C(=O)OCc1ccccc1. The molecule has 6 nitrogen and oxygen atoms in total. The van der Waals surface area contributed by atoms with Gasteiger partial charge in [-0.25, -0.2) is 13.2 Å². The van der Waals surface area contributed by atoms with E-state index in [0.29, 0.717) is 5.69 Å². The summed E-state index contributed by atoms with van der Waals surface area (Å²) in [6.07, 6.45) is 0.945. The normalized spacial score (nSPS) is 12.4. The Bertz CT molecular complexity index is 824. The summed E-state index contributed by atoms with van der Waals surface area (Å²) in [7, 11) is -3.77. The van der Waals surface area contributed by atoms with Crippen molar-refractivity contribution in [3.63, 3.8) is 0 Å². The Morgan fingerprint density at radius 3 is 2.31 bits per heavy atom. The lowest BCUT2D eigenvalue weighted by molar-refractivity contribution is -0.146. The molecule has 1 atom stereocenters. The van der Waals surface area contributed by atoms with E-state index in [9.17, 15) is 18.3 Å². The summed E-state index contributed by atoms with van der Waals surface area (Å²) in [4.78, 5) is 12.6. The number of carbonyl (C=O) groups is 1. The van der Waals surface area contributed by atoms with Crippen molar-refractivity contribution in [2.75, 3.05) is 17.2 Å². The monoisotopic (exact) mass is 441 g/mol. The molecule has 0 aliphatic carbocycles. The Morgan fingerprint density at radius 1 is 1.15 bits per heavy atom. The predicted octanol–water partition coefficient (Wildman–Crippen LogP) is 2.71. The molecule has 140 valence electrons. The number of ether oxygens (including phenoxy) is 1. The number of sulfonamides is 1. The van der Waals surface area contributed by atoms with Gasteiger partial charge < -0.3 is 9.84 Å². The molecule has 2 rings (SSSR count). The molecule has 0 saturated heterocycles. The van der Waals surface area contributed by atoms with Crippen LogP contribution in [0.15, 0.2) is 59.1 Å². The minimum Gasteiger partial charge on any atom is -0.459 e. The molecule has 0 heterocycles. The number of halogens is 1. The van der Waals surface area contributed by atoms with Crippen molar-refractivity contribution in [3.8, 4) is 0 Å². The van der Waals surface area contributed by atoms with Crippen molar-refractivity contribution >= 4 is 37.6 Å². The predicted molar refractivity (Wildman–Crippen MR) is 103 cm³/mol. The number of aliphatic hydroxyl groups excluding tert-OH is 1. The molecule has 0 unspecified atom stereocenters. The van der Waals surface area contributed by atoms with Crippen LogP contribution in [0.2, 0.25) is 0 Å². The first-order valence-electron chi connectivity index (χ1n) is 7.89. The minimum absolute atomic E-state index is 0.0273. The zero-order chi connectivity index (χ0) is 19.2. The van der Waals surface area contributed by atoms with Gasteiger partial charge in [-0.3, -0.25) is 4.31 Å². The maximum atomic E-state index is 12.6. The van der Waals surface area contributed by atoms with E-state index in [2.05, 4.69) is 15.9 Å². The van der Waals surface area contributed by atoms with Gasteiger partial charge in [0.25, 0.3) is 0 Å². The summed E-state index contributed by atoms with van der Waals surface area (Å²) in [5.74, 6) is -0.712. The zero-order valence-electron chi connectivity index (χ0n) is 14.2. The van der Waals surface area contributed by atoms with Gasteiger partial charge in [0.05, 0.1) is 11.9 Å². The van der Waals surface area contributed by atoms with Crippen LogP contribution in [0.5, 0.6) is 0 Å². The van der Waals surface area contributed by atoms with Gasteiger partial charge in [-0.15, -0.1) is 0 Å². The maximum Gasteiger partial charge on any atom is 0.330 e. The zero-order valence-corrected chi connectivity index (χ0v) is 16.6. The van der Waals surface area contributed by atoms with Crippen LogP contribution in [0.3, 0.4) is 0 Å². The number of rotatable bonds is 8. The molecule has 8 heteroatoms. The summed E-state index contributed by atoms with van der Waals surface area (Å²) in [5, 5.41) is 9.34. The van der Waals surface area contributed by atoms with Gasteiger partial charge in [-0.2, -0.15) is 0 Å². The molecule has 0 amide bonds. The molecule has 0 fully saturated rings. The van der Waals surface area contributed by atoms with Crippen LogP contribution in [0.1, 0.15) is 12.0 Å². The van der Waals surface area contributed by atoms with Gasteiger partial charge in [0.2, 0.25) is 10.0 Å². The highest BCUT2D eigenvalue weighted by molar-refractivity contribution is 9.10. The first kappa shape index (κ1) is 20.4. The van der Waals surface area contributed by atoms with Crippen molar-refractivity contribution < 1.29 is 23.1 Å². The number of anilines is 1. The molecular formula is C18H20BrNO5S. The Labute approximate surface area is 161 Å². The summed E-state index contributed by atoms with van der Waals surface area (Å²) >= 11 is 3.29. The molecule has 2 aromatic carbocycles. The number of nitrogens with zero attached hydrogens (tertiary/aromatic N) is 1. The van der Waals surface area contributed by atoms with E-state index in [-0.39, 0.29) is 19.6 Å². The Kier molecular flexibility index (Phi) is 7.19. The van der Waals surface area contributed by atoms with Crippen molar-refractivity contribution in [1.29, 1.82) is 0 Å². The van der Waals surface area contributed by atoms with Crippen molar-refractivity contribution in [2.24, 2.45) is 0 Å². The first-order chi connectivity index (χ1) is 12.3. The van der Waals surface area contributed by atoms with Crippen LogP contribution in [-0.4, -0.2) is 38.4 Å². The summed E-state index contributed by atoms with van der Waals surface area (Å²) in [5.41, 5.74) is 1.11. The van der Waals surface area contributed by atoms with E-state index < -0.39 is 22.0 Å². The number of carbonyl (C=O) groups excluding carboxylic acids is 1. The fourth-order valence-electron chi connectivity index (χ4n) is 2.47. The summed E-state index contributed by atoms with van der Waals surface area (Å²) in [6.45, 7) is -0.326. The topological polar surface area (TPSA) is 83.9 Å². The van der Waals surface area contributed by atoms with Gasteiger partial charge >= 0.3 is 5.97 Å². The fraction of sp³-hybridized carbons (Fsp3) is 0.278. The number of aliphatic hydroxyl groups is 1. The second-order valence-electron chi connectivity index (χ2n) is 5.66. The van der Waals surface area contributed by atoms with Crippen molar-refractivity contribution in [2.45, 2.75) is 19.1 Å². The second kappa shape index (κ2) is 9.16. The number of hydrogen-bond acceptors (Lipinski definition) is 5. The van der Waals surface area contributed by atoms with Crippen LogP contribution < -0.4 is 4.31 Å². The van der Waals surface area contributed by atoms with Crippen molar-refractivity contribution in [1.82, 2.24) is 0 Å². The third kappa shape index (κ3) is 5.55. The lowest BCUT2D eigenvalue weighted by Gasteiger charge is -2.29. The third-order valence-electron chi connectivity index (χ3n) is 3.62. The standard InChI is InChI=1S/C18H20BrNO5S/c1-26(23,24)20(16-9-7-15(19)8-10-16)17(11-12-21)18(22)25-13-14-5-3-2-4-6-14/h2-10,17,21H,11-13H2,1H3/t17-/m0/s1. The van der Waals surface area contributed by atoms with E-state index in [1.807, 2.05) is 18.2 Å². The Hall–Kier alpha value is -1.90. The maximum absolute atomic E-state index is 12.6. The Balaban J connectivity index is 2.27. The largest absolute Gasteiger partial charge is 0.459 e. The highest BCUT2D eigenvalue weighted by Gasteiger charge is 2.33. The second-order valence-corrected chi connectivity index (χ2v) is 8.43. The Morgan fingerprint density at radius 2 is 1.77 bits per heavy atom. The van der Waals surface area contributed by atoms with E-state index in [4.69, 9.17) is 4.74 Å². The van der Waals surface area contributed by atoms with Gasteiger partial charge in [0.1, 0.15) is 12.6 Å². The van der Waals surface area contributed by atoms with E-state index in [1.54, 1.807) is 36.4 Å². The lowest BCUT2D eigenvalue weighted by Crippen LogP contribution is -2.46. The molecule has 0 bridgehead atoms. The molecule has 0 aliphatic heterocycles. The molecule has 2 aromatic rings. The lowest BCUT2D eigenvalue weighted by atomic mass is 10.2. The molecule has 0 aromatic heterocycles. The fourth-order valence-corrected chi connectivity index (χ4v) is 3.89. The van der Waals surface area contributed by atoms with Gasteiger partial charge in [-0.05, 0) is 29.8 Å². The number of esters is 1. The highest BCUT2D eigenvalue weighted by atomic mass is 79.9. The van der Waals surface area contributed by atoms with E-state index in [1.165, 1.54) is 0 Å². The molecule has 0 spiro atoms. The average molecular weight is 442 g/mol. The van der Waals surface area contributed by atoms with E-state index in [0.717, 1.165) is 20.6 Å². The summed E-state index contributed by atoms with van der Waals surface area (Å²) in [6, 6.07) is 14.5. The van der Waals surface area contributed by atoms with Crippen LogP contribution >= 0.6 is 15.9 Å². The van der Waals surface area contributed by atoms with Crippen LogP contribution in [0.25, 0.3) is 0 Å². The quantitative estimate of drug-likeness (QED) is 0.636. The van der Waals surface area contributed by atoms with Gasteiger partial charge in [0, 0.05) is 17.5 Å². The molecule has 0 aliphatic rings. The van der Waals surface area contributed by atoms with Gasteiger partial charge in [0.15, 0.2) is 0 Å². The van der Waals surface area contributed by atoms with E-state index >= 15 is 0 Å². The molecule has 0 saturated carbocycles. The first-order valence-corrected chi connectivity index (χ1v) is 10.5. The smallest absolute Gasteiger partial charge is 0.330 e. The summed E-state index contributed by atoms with van der Waals surface area (Å²) < 4.78 is 31.7. The average Bonchev–Trinajstić information content (AvgIpc) is 2.60. The highest BCUT2D eigenvalue weighted by Crippen LogP contribution is 2.25. The molecular weight excluding hydrogens is 422 g/mol. The minimum atomic E-state index is -3.77. The van der Waals surface area contributed by atoms with Crippen LogP contribution in [0, 0.1) is 0 Å². The van der Waals surface area contributed by atoms with Crippen molar-refractivity contribution in [3.05, 3.63) is 64.6 Å². The molecule has 1 N–H and O–H groups in total. The van der Waals surface area contributed by atoms with Crippen LogP contribution in [-0.2, 0) is 26.2 Å². The molecule has 26 heavy (non-hydrogen) atoms. The number of hydrogen-bond donors (Lipinski definition) is 1.